The molecule has 0 aliphatic carbocycles. The van der Waals surface area contributed by atoms with Crippen LogP contribution < -0.4 is 5.73 Å². The molecule has 0 saturated carbocycles. The van der Waals surface area contributed by atoms with Gasteiger partial charge in [-0.3, -0.25) is 4.79 Å². The van der Waals surface area contributed by atoms with E-state index in [-0.39, 0.29) is 5.91 Å². The summed E-state index contributed by atoms with van der Waals surface area (Å²) in [4.78, 5) is 13.7. The first kappa shape index (κ1) is 12.6. The number of hydrogen-bond acceptors (Lipinski definition) is 3. The van der Waals surface area contributed by atoms with Crippen molar-refractivity contribution in [2.75, 3.05) is 33.0 Å². The Morgan fingerprint density at radius 3 is 2.88 bits per heavy atom. The minimum atomic E-state index is -0.0319. The third-order valence-corrected chi connectivity index (χ3v) is 2.46. The summed E-state index contributed by atoms with van der Waals surface area (Å²) >= 11 is 0. The van der Waals surface area contributed by atoms with E-state index in [0.717, 1.165) is 6.54 Å². The molecular weight excluding hydrogens is 206 g/mol. The minimum Gasteiger partial charge on any atom is -0.397 e. The molecule has 0 unspecified atom stereocenters. The lowest BCUT2D eigenvalue weighted by atomic mass is 10.3. The van der Waals surface area contributed by atoms with Crippen molar-refractivity contribution in [3.8, 4) is 0 Å². The molecule has 0 aromatic carbocycles. The zero-order chi connectivity index (χ0) is 12.1. The lowest BCUT2D eigenvalue weighted by molar-refractivity contribution is 0.0734. The van der Waals surface area contributed by atoms with E-state index in [4.69, 9.17) is 10.5 Å². The number of nitrogen functional groups attached to an aromatic ring is 1. The van der Waals surface area contributed by atoms with Gasteiger partial charge in [0.25, 0.3) is 5.91 Å². The van der Waals surface area contributed by atoms with Crippen LogP contribution in [0.25, 0.3) is 0 Å². The highest BCUT2D eigenvalue weighted by Gasteiger charge is 2.15. The first-order chi connectivity index (χ1) is 7.60. The lowest BCUT2D eigenvalue weighted by Gasteiger charge is -2.17. The van der Waals surface area contributed by atoms with Crippen LogP contribution in [0, 0.1) is 0 Å². The summed E-state index contributed by atoms with van der Waals surface area (Å²) in [6.45, 7) is 3.82. The number of carbonyl (C=O) groups is 1. The Balaban J connectivity index is 2.78. The predicted molar refractivity (Wildman–Crippen MR) is 63.4 cm³/mol. The number of aromatic nitrogens is 1. The van der Waals surface area contributed by atoms with Gasteiger partial charge < -0.3 is 19.9 Å². The zero-order valence-electron chi connectivity index (χ0n) is 10.1. The number of ether oxygens (including phenoxy) is 1. The maximum Gasteiger partial charge on any atom is 0.270 e. The van der Waals surface area contributed by atoms with E-state index in [1.807, 2.05) is 11.5 Å². The third kappa shape index (κ3) is 2.76. The molecule has 1 aromatic heterocycles. The van der Waals surface area contributed by atoms with E-state index in [0.29, 0.717) is 24.5 Å². The molecule has 5 heteroatoms. The molecule has 0 radical (unpaired) electrons. The first-order valence-corrected chi connectivity index (χ1v) is 5.30. The Kier molecular flexibility index (Phi) is 4.37. The van der Waals surface area contributed by atoms with Gasteiger partial charge in [-0.1, -0.05) is 0 Å². The number of hydrogen-bond donors (Lipinski definition) is 1. The fraction of sp³-hybridized carbons (Fsp3) is 0.545. The van der Waals surface area contributed by atoms with Crippen LogP contribution in [0.2, 0.25) is 0 Å². The van der Waals surface area contributed by atoms with Gasteiger partial charge >= 0.3 is 0 Å². The SMILES string of the molecule is CCn1cc(N)cc1C(=O)N(C)CCOC. The van der Waals surface area contributed by atoms with Crippen molar-refractivity contribution >= 4 is 11.6 Å². The number of carbonyl (C=O) groups excluding carboxylic acids is 1. The second kappa shape index (κ2) is 5.55. The molecule has 1 rings (SSSR count). The van der Waals surface area contributed by atoms with E-state index in [2.05, 4.69) is 0 Å². The maximum atomic E-state index is 12.0. The molecular formula is C11H19N3O2. The topological polar surface area (TPSA) is 60.5 Å². The van der Waals surface area contributed by atoms with Crippen LogP contribution in [0.1, 0.15) is 17.4 Å². The fourth-order valence-electron chi connectivity index (χ4n) is 1.50. The molecule has 0 bridgehead atoms. The Hall–Kier alpha value is -1.49. The number of anilines is 1. The van der Waals surface area contributed by atoms with E-state index < -0.39 is 0 Å². The summed E-state index contributed by atoms with van der Waals surface area (Å²) in [5.41, 5.74) is 6.92. The average molecular weight is 225 g/mol. The minimum absolute atomic E-state index is 0.0319. The van der Waals surface area contributed by atoms with Gasteiger partial charge in [0.1, 0.15) is 5.69 Å². The molecule has 1 heterocycles. The molecule has 1 aromatic rings. The Morgan fingerprint density at radius 1 is 1.62 bits per heavy atom. The van der Waals surface area contributed by atoms with Crippen LogP contribution in [0.15, 0.2) is 12.3 Å². The fourth-order valence-corrected chi connectivity index (χ4v) is 1.50. The second-order valence-corrected chi connectivity index (χ2v) is 3.66. The van der Waals surface area contributed by atoms with Crippen LogP contribution in [0.4, 0.5) is 5.69 Å². The maximum absolute atomic E-state index is 12.0. The van der Waals surface area contributed by atoms with Crippen LogP contribution >= 0.6 is 0 Å². The van der Waals surface area contributed by atoms with Crippen LogP contribution in [-0.4, -0.2) is 42.7 Å². The second-order valence-electron chi connectivity index (χ2n) is 3.66. The van der Waals surface area contributed by atoms with Crippen LogP contribution in [0.3, 0.4) is 0 Å². The van der Waals surface area contributed by atoms with Gasteiger partial charge in [-0.2, -0.15) is 0 Å². The third-order valence-electron chi connectivity index (χ3n) is 2.46. The first-order valence-electron chi connectivity index (χ1n) is 5.30. The number of amides is 1. The number of methoxy groups -OCH3 is 1. The summed E-state index contributed by atoms with van der Waals surface area (Å²) in [6, 6.07) is 1.70. The highest BCUT2D eigenvalue weighted by atomic mass is 16.5. The molecule has 0 aliphatic heterocycles. The standard InChI is InChI=1S/C11H19N3O2/c1-4-14-8-9(12)7-10(14)11(15)13(2)5-6-16-3/h7-8H,4-6,12H2,1-3H3. The smallest absolute Gasteiger partial charge is 0.270 e. The molecule has 1 amide bonds. The molecule has 5 nitrogen and oxygen atoms in total. The molecule has 0 fully saturated rings. The Bertz CT molecular complexity index is 360. The van der Waals surface area contributed by atoms with Crippen molar-refractivity contribution in [3.05, 3.63) is 18.0 Å². The quantitative estimate of drug-likeness (QED) is 0.806. The van der Waals surface area contributed by atoms with E-state index in [1.165, 1.54) is 0 Å². The van der Waals surface area contributed by atoms with Crippen molar-refractivity contribution in [3.63, 3.8) is 0 Å². The number of aryl methyl sites for hydroxylation is 1. The molecule has 90 valence electrons. The normalized spacial score (nSPS) is 10.4. The monoisotopic (exact) mass is 225 g/mol. The number of rotatable bonds is 5. The molecule has 0 saturated heterocycles. The van der Waals surface area contributed by atoms with Gasteiger partial charge in [0.2, 0.25) is 0 Å². The van der Waals surface area contributed by atoms with Crippen molar-refractivity contribution in [2.45, 2.75) is 13.5 Å². The molecule has 16 heavy (non-hydrogen) atoms. The van der Waals surface area contributed by atoms with Gasteiger partial charge in [-0.15, -0.1) is 0 Å². The highest BCUT2D eigenvalue weighted by molar-refractivity contribution is 5.93. The summed E-state index contributed by atoms with van der Waals surface area (Å²) in [5.74, 6) is -0.0319. The number of likely N-dealkylation sites (N-methyl/N-ethyl adjacent to an activating group) is 1. The molecule has 0 atom stereocenters. The number of nitrogens with zero attached hydrogens (tertiary/aromatic N) is 2. The van der Waals surface area contributed by atoms with Crippen LogP contribution in [0.5, 0.6) is 0 Å². The van der Waals surface area contributed by atoms with Crippen molar-refractivity contribution in [2.24, 2.45) is 0 Å². The largest absolute Gasteiger partial charge is 0.397 e. The van der Waals surface area contributed by atoms with E-state index >= 15 is 0 Å². The predicted octanol–water partition coefficient (Wildman–Crippen LogP) is 0.809. The van der Waals surface area contributed by atoms with Crippen molar-refractivity contribution in [1.29, 1.82) is 0 Å². The van der Waals surface area contributed by atoms with Crippen molar-refractivity contribution in [1.82, 2.24) is 9.47 Å². The average Bonchev–Trinajstić information content (AvgIpc) is 2.66. The van der Waals surface area contributed by atoms with E-state index in [1.54, 1.807) is 31.3 Å². The summed E-state index contributed by atoms with van der Waals surface area (Å²) in [7, 11) is 3.37. The molecule has 0 spiro atoms. The van der Waals surface area contributed by atoms with Gasteiger partial charge in [-0.05, 0) is 13.0 Å². The number of nitrogens with two attached hydrogens (primary N) is 1. The summed E-state index contributed by atoms with van der Waals surface area (Å²) in [6.07, 6.45) is 1.78. The van der Waals surface area contributed by atoms with Gasteiger partial charge in [-0.25, -0.2) is 0 Å². The van der Waals surface area contributed by atoms with Crippen LogP contribution in [-0.2, 0) is 11.3 Å². The van der Waals surface area contributed by atoms with E-state index in [9.17, 15) is 4.79 Å². The van der Waals surface area contributed by atoms with Crippen molar-refractivity contribution < 1.29 is 9.53 Å². The van der Waals surface area contributed by atoms with Gasteiger partial charge in [0, 0.05) is 33.4 Å². The summed E-state index contributed by atoms with van der Waals surface area (Å²) in [5, 5.41) is 0. The summed E-state index contributed by atoms with van der Waals surface area (Å²) < 4.78 is 6.78. The Morgan fingerprint density at radius 2 is 2.31 bits per heavy atom. The molecule has 2 N–H and O–H groups in total. The lowest BCUT2D eigenvalue weighted by Crippen LogP contribution is -2.31. The van der Waals surface area contributed by atoms with Gasteiger partial charge in [0.05, 0.1) is 12.3 Å². The zero-order valence-corrected chi connectivity index (χ0v) is 10.1. The van der Waals surface area contributed by atoms with Gasteiger partial charge in [0.15, 0.2) is 0 Å². The molecule has 0 aliphatic rings. The Labute approximate surface area is 95.8 Å². The highest BCUT2D eigenvalue weighted by Crippen LogP contribution is 2.12.